The molecule has 6 heteroatoms. The van der Waals surface area contributed by atoms with Crippen molar-refractivity contribution in [2.24, 2.45) is 0 Å². The lowest BCUT2D eigenvalue weighted by atomic mass is 10.2. The van der Waals surface area contributed by atoms with Crippen molar-refractivity contribution in [1.82, 2.24) is 15.1 Å². The van der Waals surface area contributed by atoms with Crippen LogP contribution >= 0.6 is 0 Å². The van der Waals surface area contributed by atoms with Gasteiger partial charge in [-0.1, -0.05) is 19.1 Å². The van der Waals surface area contributed by atoms with Crippen molar-refractivity contribution in [2.45, 2.75) is 19.6 Å². The lowest BCUT2D eigenvalue weighted by Crippen LogP contribution is -2.11. The number of hydrogen-bond donors (Lipinski definition) is 1. The van der Waals surface area contributed by atoms with Crippen molar-refractivity contribution >= 4 is 0 Å². The van der Waals surface area contributed by atoms with Crippen LogP contribution in [0.15, 0.2) is 36.7 Å². The quantitative estimate of drug-likeness (QED) is 0.924. The van der Waals surface area contributed by atoms with Gasteiger partial charge in [-0.05, 0) is 24.2 Å². The number of halogens is 3. The molecule has 0 saturated heterocycles. The highest BCUT2D eigenvalue weighted by Crippen LogP contribution is 2.29. The molecule has 3 nitrogen and oxygen atoms in total. The smallest absolute Gasteiger partial charge is 0.313 e. The van der Waals surface area contributed by atoms with Crippen molar-refractivity contribution in [2.75, 3.05) is 6.54 Å². The Bertz CT molecular complexity index is 529. The topological polar surface area (TPSA) is 29.9 Å². The summed E-state index contributed by atoms with van der Waals surface area (Å²) in [4.78, 5) is 0. The van der Waals surface area contributed by atoms with E-state index in [9.17, 15) is 13.2 Å². The molecule has 1 N–H and O–H groups in total. The summed E-state index contributed by atoms with van der Waals surface area (Å²) in [7, 11) is 0. The fourth-order valence-electron chi connectivity index (χ4n) is 1.65. The van der Waals surface area contributed by atoms with Crippen molar-refractivity contribution in [3.8, 4) is 5.69 Å². The molecule has 0 atom stereocenters. The van der Waals surface area contributed by atoms with Crippen LogP contribution in [0, 0.1) is 0 Å². The second-order valence-electron chi connectivity index (χ2n) is 4.12. The third-order valence-corrected chi connectivity index (χ3v) is 2.69. The predicted molar refractivity (Wildman–Crippen MR) is 65.9 cm³/mol. The first-order valence-corrected chi connectivity index (χ1v) is 5.92. The van der Waals surface area contributed by atoms with Gasteiger partial charge in [-0.2, -0.15) is 18.3 Å². The molecule has 1 heterocycles. The molecule has 19 heavy (non-hydrogen) atoms. The number of alkyl halides is 3. The Hall–Kier alpha value is -1.82. The molecule has 0 radical (unpaired) electrons. The highest BCUT2D eigenvalue weighted by Gasteiger charge is 2.32. The first-order valence-electron chi connectivity index (χ1n) is 5.92. The van der Waals surface area contributed by atoms with E-state index in [4.69, 9.17) is 0 Å². The SMILES string of the molecule is CCNCc1ccc(-n2cc(C(F)(F)F)cn2)cc1. The summed E-state index contributed by atoms with van der Waals surface area (Å²) in [5.41, 5.74) is 0.939. The summed E-state index contributed by atoms with van der Waals surface area (Å²) in [6.45, 7) is 3.62. The average Bonchev–Trinajstić information content (AvgIpc) is 2.86. The van der Waals surface area contributed by atoms with Crippen LogP contribution in [-0.4, -0.2) is 16.3 Å². The molecule has 0 aliphatic carbocycles. The van der Waals surface area contributed by atoms with Crippen LogP contribution in [0.1, 0.15) is 18.1 Å². The maximum absolute atomic E-state index is 12.5. The number of nitrogens with zero attached hydrogens (tertiary/aromatic N) is 2. The van der Waals surface area contributed by atoms with E-state index in [1.807, 2.05) is 19.1 Å². The van der Waals surface area contributed by atoms with E-state index in [1.54, 1.807) is 12.1 Å². The molecule has 0 aliphatic heterocycles. The highest BCUT2D eigenvalue weighted by molar-refractivity contribution is 5.34. The van der Waals surface area contributed by atoms with Crippen LogP contribution in [-0.2, 0) is 12.7 Å². The van der Waals surface area contributed by atoms with E-state index in [0.717, 1.165) is 31.0 Å². The Morgan fingerprint density at radius 2 is 1.89 bits per heavy atom. The van der Waals surface area contributed by atoms with Gasteiger partial charge in [0.1, 0.15) is 0 Å². The van der Waals surface area contributed by atoms with Gasteiger partial charge >= 0.3 is 6.18 Å². The van der Waals surface area contributed by atoms with Gasteiger partial charge in [0.2, 0.25) is 0 Å². The van der Waals surface area contributed by atoms with Crippen molar-refractivity contribution in [1.29, 1.82) is 0 Å². The predicted octanol–water partition coefficient (Wildman–Crippen LogP) is 3.00. The lowest BCUT2D eigenvalue weighted by molar-refractivity contribution is -0.137. The Morgan fingerprint density at radius 1 is 1.21 bits per heavy atom. The van der Waals surface area contributed by atoms with Gasteiger partial charge in [0.05, 0.1) is 17.4 Å². The summed E-state index contributed by atoms with van der Waals surface area (Å²) in [5, 5.41) is 6.90. The normalized spacial score (nSPS) is 11.8. The minimum atomic E-state index is -4.36. The number of aromatic nitrogens is 2. The Balaban J connectivity index is 2.16. The molecule has 0 spiro atoms. The zero-order valence-corrected chi connectivity index (χ0v) is 10.4. The van der Waals surface area contributed by atoms with Gasteiger partial charge in [0.15, 0.2) is 0 Å². The van der Waals surface area contributed by atoms with Crippen LogP contribution < -0.4 is 5.32 Å². The molecule has 0 fully saturated rings. The van der Waals surface area contributed by atoms with E-state index in [2.05, 4.69) is 10.4 Å². The minimum absolute atomic E-state index is 0.607. The number of benzene rings is 1. The monoisotopic (exact) mass is 269 g/mol. The number of nitrogens with one attached hydrogen (secondary N) is 1. The van der Waals surface area contributed by atoms with E-state index >= 15 is 0 Å². The summed E-state index contributed by atoms with van der Waals surface area (Å²) in [6, 6.07) is 7.24. The molecule has 1 aromatic heterocycles. The maximum atomic E-state index is 12.5. The third-order valence-electron chi connectivity index (χ3n) is 2.69. The summed E-state index contributed by atoms with van der Waals surface area (Å²) in [6.07, 6.45) is -2.55. The van der Waals surface area contributed by atoms with Crippen LogP contribution in [0.3, 0.4) is 0 Å². The highest BCUT2D eigenvalue weighted by atomic mass is 19.4. The maximum Gasteiger partial charge on any atom is 0.419 e. The second kappa shape index (κ2) is 5.44. The van der Waals surface area contributed by atoms with Crippen molar-refractivity contribution in [3.63, 3.8) is 0 Å². The van der Waals surface area contributed by atoms with Gasteiger partial charge in [0, 0.05) is 12.7 Å². The van der Waals surface area contributed by atoms with E-state index < -0.39 is 11.7 Å². The van der Waals surface area contributed by atoms with E-state index in [-0.39, 0.29) is 0 Å². The second-order valence-corrected chi connectivity index (χ2v) is 4.12. The van der Waals surface area contributed by atoms with Crippen LogP contribution in [0.5, 0.6) is 0 Å². The zero-order chi connectivity index (χ0) is 13.9. The number of hydrogen-bond acceptors (Lipinski definition) is 2. The van der Waals surface area contributed by atoms with Crippen LogP contribution in [0.2, 0.25) is 0 Å². The molecule has 1 aromatic carbocycles. The largest absolute Gasteiger partial charge is 0.419 e. The molecule has 2 aromatic rings. The number of rotatable bonds is 4. The fraction of sp³-hybridized carbons (Fsp3) is 0.308. The van der Waals surface area contributed by atoms with Crippen LogP contribution in [0.25, 0.3) is 5.69 Å². The Kier molecular flexibility index (Phi) is 3.90. The summed E-state index contributed by atoms with van der Waals surface area (Å²) >= 11 is 0. The molecule has 0 bridgehead atoms. The van der Waals surface area contributed by atoms with Crippen molar-refractivity contribution < 1.29 is 13.2 Å². The Morgan fingerprint density at radius 3 is 2.42 bits per heavy atom. The zero-order valence-electron chi connectivity index (χ0n) is 10.4. The van der Waals surface area contributed by atoms with Gasteiger partial charge in [-0.3, -0.25) is 0 Å². The molecule has 2 rings (SSSR count). The Labute approximate surface area is 109 Å². The van der Waals surface area contributed by atoms with E-state index in [1.165, 1.54) is 4.68 Å². The lowest BCUT2D eigenvalue weighted by Gasteiger charge is -2.05. The standard InChI is InChI=1S/C13H14F3N3/c1-2-17-7-10-3-5-12(6-4-10)19-9-11(8-18-19)13(14,15)16/h3-6,8-9,17H,2,7H2,1H3. The minimum Gasteiger partial charge on any atom is -0.313 e. The molecule has 0 unspecified atom stereocenters. The molecule has 0 saturated carbocycles. The van der Waals surface area contributed by atoms with Crippen LogP contribution in [0.4, 0.5) is 13.2 Å². The first kappa shape index (κ1) is 13.6. The average molecular weight is 269 g/mol. The van der Waals surface area contributed by atoms with Gasteiger partial charge in [-0.15, -0.1) is 0 Å². The van der Waals surface area contributed by atoms with E-state index in [0.29, 0.717) is 5.69 Å². The first-order chi connectivity index (χ1) is 9.00. The molecule has 0 aliphatic rings. The third kappa shape index (κ3) is 3.35. The summed E-state index contributed by atoms with van der Waals surface area (Å²) < 4.78 is 38.6. The van der Waals surface area contributed by atoms with Crippen molar-refractivity contribution in [3.05, 3.63) is 47.8 Å². The molecular formula is C13H14F3N3. The van der Waals surface area contributed by atoms with Gasteiger partial charge < -0.3 is 5.32 Å². The summed E-state index contributed by atoms with van der Waals surface area (Å²) in [5.74, 6) is 0. The molecule has 102 valence electrons. The molecular weight excluding hydrogens is 255 g/mol. The van der Waals surface area contributed by atoms with Gasteiger partial charge in [0.25, 0.3) is 0 Å². The fourth-order valence-corrected chi connectivity index (χ4v) is 1.65. The van der Waals surface area contributed by atoms with Gasteiger partial charge in [-0.25, -0.2) is 4.68 Å². The molecule has 0 amide bonds.